The zero-order chi connectivity index (χ0) is 16.4. The van der Waals surface area contributed by atoms with Gasteiger partial charge in [-0.15, -0.1) is 0 Å². The predicted molar refractivity (Wildman–Crippen MR) is 79.7 cm³/mol. The first-order valence-corrected chi connectivity index (χ1v) is 7.79. The lowest BCUT2D eigenvalue weighted by molar-refractivity contribution is 0.0800. The van der Waals surface area contributed by atoms with Crippen LogP contribution in [0.3, 0.4) is 0 Å². The van der Waals surface area contributed by atoms with Crippen molar-refractivity contribution in [3.63, 3.8) is 0 Å². The van der Waals surface area contributed by atoms with Gasteiger partial charge < -0.3 is 9.47 Å². The number of imidazole rings is 1. The van der Waals surface area contributed by atoms with Crippen molar-refractivity contribution in [1.82, 2.24) is 9.55 Å². The van der Waals surface area contributed by atoms with Crippen LogP contribution in [-0.4, -0.2) is 28.7 Å². The van der Waals surface area contributed by atoms with Crippen molar-refractivity contribution in [3.05, 3.63) is 17.9 Å². The maximum atomic E-state index is 14.5. The van der Waals surface area contributed by atoms with Crippen molar-refractivity contribution in [2.45, 2.75) is 44.6 Å². The lowest BCUT2D eigenvalue weighted by atomic mass is 9.98. The third-order valence-electron chi connectivity index (χ3n) is 4.09. The molecule has 0 atom stereocenters. The molecule has 1 heterocycles. The molecule has 1 aliphatic rings. The smallest absolute Gasteiger partial charge is 0.297 e. The van der Waals surface area contributed by atoms with Crippen molar-refractivity contribution in [2.24, 2.45) is 7.05 Å². The Morgan fingerprint density at radius 3 is 2.70 bits per heavy atom. The number of ether oxygens (including phenoxy) is 2. The summed E-state index contributed by atoms with van der Waals surface area (Å²) < 4.78 is 51.1. The number of nitrogens with zero attached hydrogens (tertiary/aromatic N) is 2. The molecule has 0 saturated heterocycles. The zero-order valence-electron chi connectivity index (χ0n) is 12.9. The van der Waals surface area contributed by atoms with E-state index in [1.54, 1.807) is 13.1 Å². The van der Waals surface area contributed by atoms with Crippen LogP contribution >= 0.6 is 0 Å². The molecule has 0 unspecified atom stereocenters. The zero-order valence-corrected chi connectivity index (χ0v) is 12.9. The second-order valence-electron chi connectivity index (χ2n) is 5.78. The molecule has 1 aromatic carbocycles. The molecule has 1 aromatic heterocycles. The first-order chi connectivity index (χ1) is 11.1. The van der Waals surface area contributed by atoms with Crippen LogP contribution in [0.5, 0.6) is 11.8 Å². The lowest BCUT2D eigenvalue weighted by Crippen LogP contribution is -2.21. The van der Waals surface area contributed by atoms with Crippen LogP contribution in [0.2, 0.25) is 0 Å². The van der Waals surface area contributed by atoms with Crippen LogP contribution in [0.15, 0.2) is 12.1 Å². The highest BCUT2D eigenvalue weighted by atomic mass is 19.3. The van der Waals surface area contributed by atoms with Crippen LogP contribution < -0.4 is 9.47 Å². The van der Waals surface area contributed by atoms with E-state index in [1.807, 2.05) is 0 Å². The molecule has 3 rings (SSSR count). The molecule has 126 valence electrons. The summed E-state index contributed by atoms with van der Waals surface area (Å²) >= 11 is 0. The number of aryl methyl sites for hydroxylation is 1. The molecule has 2 aromatic rings. The number of hydrogen-bond acceptors (Lipinski definition) is 3. The minimum absolute atomic E-state index is 0.0943. The standard InChI is InChI=1S/C16H19F3N2O2/c1-21-15-11(7-8-12(14(15)19)22-9-13(17)18)20-16(21)23-10-5-3-2-4-6-10/h7-8,10,13H,2-6,9H2,1H3. The molecule has 0 radical (unpaired) electrons. The van der Waals surface area contributed by atoms with Gasteiger partial charge in [0.1, 0.15) is 18.2 Å². The third kappa shape index (κ3) is 3.38. The Labute approximate surface area is 132 Å². The van der Waals surface area contributed by atoms with Gasteiger partial charge in [-0.05, 0) is 37.8 Å². The molecular weight excluding hydrogens is 309 g/mol. The largest absolute Gasteiger partial charge is 0.484 e. The fourth-order valence-electron chi connectivity index (χ4n) is 2.92. The van der Waals surface area contributed by atoms with E-state index in [1.165, 1.54) is 17.1 Å². The summed E-state index contributed by atoms with van der Waals surface area (Å²) in [5.41, 5.74) is 0.614. The van der Waals surface area contributed by atoms with E-state index in [0.29, 0.717) is 11.5 Å². The van der Waals surface area contributed by atoms with Gasteiger partial charge in [0, 0.05) is 7.05 Å². The number of halogens is 3. The average Bonchev–Trinajstić information content (AvgIpc) is 2.84. The van der Waals surface area contributed by atoms with Gasteiger partial charge in [0.15, 0.2) is 11.6 Å². The molecule has 1 fully saturated rings. The molecule has 7 heteroatoms. The SMILES string of the molecule is Cn1c(OC2CCCCC2)nc2ccc(OCC(F)F)c(F)c21. The summed E-state index contributed by atoms with van der Waals surface area (Å²) in [6.07, 6.45) is 2.83. The first kappa shape index (κ1) is 16.0. The maximum absolute atomic E-state index is 14.5. The van der Waals surface area contributed by atoms with Crippen molar-refractivity contribution < 1.29 is 22.6 Å². The Morgan fingerprint density at radius 1 is 1.26 bits per heavy atom. The molecule has 0 bridgehead atoms. The second kappa shape index (κ2) is 6.68. The molecule has 1 saturated carbocycles. The van der Waals surface area contributed by atoms with Crippen molar-refractivity contribution in [1.29, 1.82) is 0 Å². The predicted octanol–water partition coefficient (Wildman–Crippen LogP) is 4.07. The number of aromatic nitrogens is 2. The molecule has 1 aliphatic carbocycles. The van der Waals surface area contributed by atoms with E-state index in [9.17, 15) is 13.2 Å². The van der Waals surface area contributed by atoms with Gasteiger partial charge >= 0.3 is 0 Å². The summed E-state index contributed by atoms with van der Waals surface area (Å²) in [5.74, 6) is -0.901. The monoisotopic (exact) mass is 328 g/mol. The summed E-state index contributed by atoms with van der Waals surface area (Å²) in [6.45, 7) is -0.842. The van der Waals surface area contributed by atoms with Crippen molar-refractivity contribution in [3.8, 4) is 11.8 Å². The third-order valence-corrected chi connectivity index (χ3v) is 4.09. The Bertz CT molecular complexity index is 682. The van der Waals surface area contributed by atoms with Gasteiger partial charge in [0.2, 0.25) is 0 Å². The molecule has 0 N–H and O–H groups in total. The van der Waals surface area contributed by atoms with Crippen LogP contribution in [0.25, 0.3) is 11.0 Å². The van der Waals surface area contributed by atoms with E-state index in [4.69, 9.17) is 9.47 Å². The quantitative estimate of drug-likeness (QED) is 0.830. The highest BCUT2D eigenvalue weighted by molar-refractivity contribution is 5.79. The average molecular weight is 328 g/mol. The molecule has 23 heavy (non-hydrogen) atoms. The van der Waals surface area contributed by atoms with E-state index < -0.39 is 18.8 Å². The highest BCUT2D eigenvalue weighted by Crippen LogP contribution is 2.30. The summed E-state index contributed by atoms with van der Waals surface area (Å²) in [5, 5.41) is 0. The van der Waals surface area contributed by atoms with Gasteiger partial charge in [-0.2, -0.15) is 4.98 Å². The normalized spacial score (nSPS) is 16.2. The summed E-state index contributed by atoms with van der Waals surface area (Å²) in [4.78, 5) is 4.30. The van der Waals surface area contributed by atoms with Crippen molar-refractivity contribution in [2.75, 3.05) is 6.61 Å². The maximum Gasteiger partial charge on any atom is 0.297 e. The van der Waals surface area contributed by atoms with Gasteiger partial charge in [0.05, 0.1) is 5.52 Å². The first-order valence-electron chi connectivity index (χ1n) is 7.79. The molecule has 0 amide bonds. The van der Waals surface area contributed by atoms with Gasteiger partial charge in [-0.3, -0.25) is 4.57 Å². The Kier molecular flexibility index (Phi) is 4.63. The van der Waals surface area contributed by atoms with Gasteiger partial charge in [-0.25, -0.2) is 13.2 Å². The van der Waals surface area contributed by atoms with Crippen LogP contribution in [0, 0.1) is 5.82 Å². The number of benzene rings is 1. The fourth-order valence-corrected chi connectivity index (χ4v) is 2.92. The number of fused-ring (bicyclic) bond motifs is 1. The number of rotatable bonds is 5. The molecule has 0 spiro atoms. The van der Waals surface area contributed by atoms with E-state index >= 15 is 0 Å². The highest BCUT2D eigenvalue weighted by Gasteiger charge is 2.21. The molecule has 0 aliphatic heterocycles. The molecule has 4 nitrogen and oxygen atoms in total. The second-order valence-corrected chi connectivity index (χ2v) is 5.78. The van der Waals surface area contributed by atoms with E-state index in [-0.39, 0.29) is 17.4 Å². The Hall–Kier alpha value is -1.92. The Morgan fingerprint density at radius 2 is 2.00 bits per heavy atom. The Balaban J connectivity index is 1.87. The summed E-state index contributed by atoms with van der Waals surface area (Å²) in [7, 11) is 1.65. The number of hydrogen-bond donors (Lipinski definition) is 0. The topological polar surface area (TPSA) is 36.3 Å². The minimum Gasteiger partial charge on any atom is -0.484 e. The van der Waals surface area contributed by atoms with Crippen molar-refractivity contribution >= 4 is 11.0 Å². The fraction of sp³-hybridized carbons (Fsp3) is 0.562. The summed E-state index contributed by atoms with van der Waals surface area (Å²) in [6, 6.07) is 3.21. The lowest BCUT2D eigenvalue weighted by Gasteiger charge is -2.22. The number of alkyl halides is 2. The van der Waals surface area contributed by atoms with E-state index in [0.717, 1.165) is 25.7 Å². The molecular formula is C16H19F3N2O2. The van der Waals surface area contributed by atoms with Crippen LogP contribution in [0.1, 0.15) is 32.1 Å². The van der Waals surface area contributed by atoms with Gasteiger partial charge in [0.25, 0.3) is 12.4 Å². The minimum atomic E-state index is -2.65. The van der Waals surface area contributed by atoms with E-state index in [2.05, 4.69) is 4.98 Å². The van der Waals surface area contributed by atoms with Gasteiger partial charge in [-0.1, -0.05) is 6.42 Å². The van der Waals surface area contributed by atoms with Crippen LogP contribution in [0.4, 0.5) is 13.2 Å². The van der Waals surface area contributed by atoms with Crippen LogP contribution in [-0.2, 0) is 7.05 Å².